The molecule has 2 unspecified atom stereocenters. The molecule has 0 aromatic heterocycles. The predicted octanol–water partition coefficient (Wildman–Crippen LogP) is 2.18. The molecule has 1 rings (SSSR count). The molecule has 0 heterocycles. The minimum absolute atomic E-state index is 0.152. The van der Waals surface area contributed by atoms with Crippen LogP contribution in [-0.2, 0) is 19.9 Å². The fraction of sp³-hybridized carbons (Fsp3) is 0.417. The van der Waals surface area contributed by atoms with Crippen molar-refractivity contribution < 1.29 is 17.4 Å². The highest BCUT2D eigenvalue weighted by molar-refractivity contribution is 9.10. The number of halogens is 2. The van der Waals surface area contributed by atoms with E-state index in [1.165, 1.54) is 6.07 Å². The van der Waals surface area contributed by atoms with Crippen LogP contribution in [0, 0.1) is 6.92 Å². The van der Waals surface area contributed by atoms with Crippen molar-refractivity contribution in [1.29, 1.82) is 0 Å². The topological polar surface area (TPSA) is 80.3 Å². The molecule has 0 spiro atoms. The lowest BCUT2D eigenvalue weighted by molar-refractivity contribution is 0.0943. The molecular weight excluding hydrogens is 402 g/mol. The number of nitrogens with one attached hydrogen (secondary N) is 1. The van der Waals surface area contributed by atoms with Crippen LogP contribution >= 0.6 is 26.6 Å². The Hall–Kier alpha value is -0.440. The fourth-order valence-corrected chi connectivity index (χ4v) is 4.69. The van der Waals surface area contributed by atoms with Gasteiger partial charge in [0.1, 0.15) is 0 Å². The Bertz CT molecular complexity index is 691. The van der Waals surface area contributed by atoms with Crippen LogP contribution in [0.1, 0.15) is 22.8 Å². The number of hydrogen-bond acceptors (Lipinski definition) is 4. The number of benzene rings is 1. The molecular formula is C12H15BrClNO4S2. The maximum absolute atomic E-state index is 12.1. The van der Waals surface area contributed by atoms with Crippen molar-refractivity contribution in [3.63, 3.8) is 0 Å². The number of rotatable bonds is 5. The molecule has 118 valence electrons. The second-order valence-electron chi connectivity index (χ2n) is 4.66. The summed E-state index contributed by atoms with van der Waals surface area (Å²) in [6.45, 7) is 3.39. The summed E-state index contributed by atoms with van der Waals surface area (Å²) in [6.07, 6.45) is 1.55. The molecule has 0 bridgehead atoms. The average molecular weight is 417 g/mol. The molecule has 2 atom stereocenters. The van der Waals surface area contributed by atoms with Crippen LogP contribution in [0.25, 0.3) is 0 Å². The van der Waals surface area contributed by atoms with Crippen molar-refractivity contribution in [2.75, 3.05) is 12.0 Å². The highest BCUT2D eigenvalue weighted by Gasteiger charge is 2.20. The number of hydrogen-bond donors (Lipinski definition) is 1. The largest absolute Gasteiger partial charge is 0.349 e. The third-order valence-electron chi connectivity index (χ3n) is 2.61. The molecule has 0 saturated carbocycles. The van der Waals surface area contributed by atoms with E-state index in [-0.39, 0.29) is 16.5 Å². The first kappa shape index (κ1) is 18.6. The molecule has 0 fully saturated rings. The van der Waals surface area contributed by atoms with E-state index in [0.29, 0.717) is 15.8 Å². The molecule has 0 aliphatic heterocycles. The van der Waals surface area contributed by atoms with Crippen LogP contribution in [0.15, 0.2) is 21.5 Å². The molecule has 0 aliphatic carbocycles. The Morgan fingerprint density at radius 1 is 1.48 bits per heavy atom. The van der Waals surface area contributed by atoms with Gasteiger partial charge in [-0.25, -0.2) is 8.42 Å². The quantitative estimate of drug-likeness (QED) is 0.746. The van der Waals surface area contributed by atoms with Crippen molar-refractivity contribution >= 4 is 52.4 Å². The molecule has 0 radical (unpaired) electrons. The van der Waals surface area contributed by atoms with Gasteiger partial charge in [0.2, 0.25) is 0 Å². The van der Waals surface area contributed by atoms with Gasteiger partial charge in [-0.2, -0.15) is 0 Å². The third kappa shape index (κ3) is 5.36. The zero-order chi connectivity index (χ0) is 16.4. The maximum atomic E-state index is 12.1. The Kier molecular flexibility index (Phi) is 6.39. The number of amides is 1. The molecule has 1 N–H and O–H groups in total. The van der Waals surface area contributed by atoms with Crippen LogP contribution < -0.4 is 5.32 Å². The molecule has 1 amide bonds. The summed E-state index contributed by atoms with van der Waals surface area (Å²) in [4.78, 5) is 12.0. The van der Waals surface area contributed by atoms with Gasteiger partial charge in [-0.05, 0) is 47.5 Å². The van der Waals surface area contributed by atoms with E-state index >= 15 is 0 Å². The van der Waals surface area contributed by atoms with Gasteiger partial charge in [0.15, 0.2) is 0 Å². The Morgan fingerprint density at radius 2 is 2.05 bits per heavy atom. The van der Waals surface area contributed by atoms with E-state index in [1.54, 1.807) is 26.2 Å². The molecule has 0 saturated heterocycles. The number of aryl methyl sites for hydroxylation is 1. The van der Waals surface area contributed by atoms with E-state index < -0.39 is 25.8 Å². The smallest absolute Gasteiger partial charge is 0.262 e. The van der Waals surface area contributed by atoms with E-state index in [4.69, 9.17) is 10.7 Å². The van der Waals surface area contributed by atoms with Gasteiger partial charge in [-0.15, -0.1) is 0 Å². The zero-order valence-electron chi connectivity index (χ0n) is 11.6. The Labute approximate surface area is 139 Å². The lowest BCUT2D eigenvalue weighted by atomic mass is 10.1. The highest BCUT2D eigenvalue weighted by Crippen LogP contribution is 2.29. The van der Waals surface area contributed by atoms with Gasteiger partial charge in [-0.1, -0.05) is 0 Å². The minimum atomic E-state index is -3.96. The predicted molar refractivity (Wildman–Crippen MR) is 87.8 cm³/mol. The second-order valence-corrected chi connectivity index (χ2v) is 9.46. The summed E-state index contributed by atoms with van der Waals surface area (Å²) >= 11 is 3.15. The van der Waals surface area contributed by atoms with Gasteiger partial charge in [0.05, 0.1) is 4.90 Å². The van der Waals surface area contributed by atoms with Crippen LogP contribution in [0.3, 0.4) is 0 Å². The van der Waals surface area contributed by atoms with Crippen LogP contribution in [0.2, 0.25) is 0 Å². The summed E-state index contributed by atoms with van der Waals surface area (Å²) in [5.74, 6) is -0.118. The summed E-state index contributed by atoms with van der Waals surface area (Å²) in [7, 11) is 0.360. The third-order valence-corrected chi connectivity index (χ3v) is 6.24. The molecule has 1 aromatic rings. The zero-order valence-corrected chi connectivity index (χ0v) is 15.6. The van der Waals surface area contributed by atoms with Crippen LogP contribution in [0.4, 0.5) is 0 Å². The monoisotopic (exact) mass is 415 g/mol. The summed E-state index contributed by atoms with van der Waals surface area (Å²) < 4.78 is 34.5. The van der Waals surface area contributed by atoms with Gasteiger partial charge < -0.3 is 5.32 Å². The van der Waals surface area contributed by atoms with Crippen LogP contribution in [0.5, 0.6) is 0 Å². The SMILES string of the molecule is Cc1cc(C(=O)NC(C)CS(C)=O)cc(S(=O)(=O)Cl)c1Br. The number of carbonyl (C=O) groups excluding carboxylic acids is 1. The molecule has 5 nitrogen and oxygen atoms in total. The molecule has 0 aliphatic rings. The normalized spacial score (nSPS) is 14.5. The molecule has 1 aromatic carbocycles. The Morgan fingerprint density at radius 3 is 2.52 bits per heavy atom. The maximum Gasteiger partial charge on any atom is 0.262 e. The van der Waals surface area contributed by atoms with E-state index in [9.17, 15) is 17.4 Å². The lowest BCUT2D eigenvalue weighted by Gasteiger charge is -2.14. The first-order chi connectivity index (χ1) is 9.52. The summed E-state index contributed by atoms with van der Waals surface area (Å²) in [6, 6.07) is 2.48. The highest BCUT2D eigenvalue weighted by atomic mass is 79.9. The molecule has 9 heteroatoms. The van der Waals surface area contributed by atoms with E-state index in [1.807, 2.05) is 0 Å². The van der Waals surface area contributed by atoms with Crippen molar-refractivity contribution in [3.05, 3.63) is 27.7 Å². The lowest BCUT2D eigenvalue weighted by Crippen LogP contribution is -2.36. The number of carbonyl (C=O) groups is 1. The van der Waals surface area contributed by atoms with E-state index in [2.05, 4.69) is 21.2 Å². The van der Waals surface area contributed by atoms with Gasteiger partial charge in [0.25, 0.3) is 15.0 Å². The standard InChI is InChI=1S/C12H15BrClNO4S2/c1-7-4-9(5-10(11(7)13)21(14,18)19)12(16)15-8(2)6-20(3)17/h4-5,8H,6H2,1-3H3,(H,15,16). The minimum Gasteiger partial charge on any atom is -0.349 e. The first-order valence-electron chi connectivity index (χ1n) is 5.88. The van der Waals surface area contributed by atoms with Crippen molar-refractivity contribution in [3.8, 4) is 0 Å². The first-order valence-corrected chi connectivity index (χ1v) is 10.7. The van der Waals surface area contributed by atoms with Gasteiger partial charge >= 0.3 is 0 Å². The van der Waals surface area contributed by atoms with Crippen molar-refractivity contribution in [2.24, 2.45) is 0 Å². The van der Waals surface area contributed by atoms with Crippen LogP contribution in [-0.4, -0.2) is 36.6 Å². The fourth-order valence-electron chi connectivity index (χ4n) is 1.75. The van der Waals surface area contributed by atoms with Gasteiger partial charge in [0, 0.05) is 49.6 Å². The summed E-state index contributed by atoms with van der Waals surface area (Å²) in [5, 5.41) is 2.67. The average Bonchev–Trinajstić information content (AvgIpc) is 2.29. The van der Waals surface area contributed by atoms with Crippen molar-refractivity contribution in [2.45, 2.75) is 24.8 Å². The van der Waals surface area contributed by atoms with Gasteiger partial charge in [-0.3, -0.25) is 9.00 Å². The van der Waals surface area contributed by atoms with E-state index in [0.717, 1.165) is 0 Å². The summed E-state index contributed by atoms with van der Waals surface area (Å²) in [5.41, 5.74) is 0.761. The second kappa shape index (κ2) is 7.21. The van der Waals surface area contributed by atoms with Crippen molar-refractivity contribution in [1.82, 2.24) is 5.32 Å². The Balaban J connectivity index is 3.12. The molecule has 21 heavy (non-hydrogen) atoms.